The van der Waals surface area contributed by atoms with Gasteiger partial charge in [0.15, 0.2) is 0 Å². The molecular formula is C12H16N2. The topological polar surface area (TPSA) is 41.8 Å². The third-order valence-electron chi connectivity index (χ3n) is 2.54. The first-order valence-corrected chi connectivity index (χ1v) is 5.16. The number of nitrogens with two attached hydrogens (primary N) is 1. The van der Waals surface area contributed by atoms with Gasteiger partial charge in [0, 0.05) is 11.7 Å². The molecule has 3 N–H and O–H groups in total. The Labute approximate surface area is 84.1 Å². The molecule has 1 aromatic heterocycles. The van der Waals surface area contributed by atoms with Crippen molar-refractivity contribution < 1.29 is 0 Å². The van der Waals surface area contributed by atoms with Crippen molar-refractivity contribution in [3.05, 3.63) is 36.0 Å². The molecule has 74 valence electrons. The first-order valence-electron chi connectivity index (χ1n) is 5.16. The van der Waals surface area contributed by atoms with Crippen LogP contribution in [0.3, 0.4) is 0 Å². The average molecular weight is 188 g/mol. The van der Waals surface area contributed by atoms with E-state index in [4.69, 9.17) is 5.73 Å². The molecular weight excluding hydrogens is 172 g/mol. The van der Waals surface area contributed by atoms with E-state index in [2.05, 4.69) is 29.2 Å². The minimum absolute atomic E-state index is 0.796. The van der Waals surface area contributed by atoms with E-state index in [0.717, 1.165) is 19.4 Å². The fraction of sp³-hybridized carbons (Fsp3) is 0.333. The summed E-state index contributed by atoms with van der Waals surface area (Å²) in [6.45, 7) is 0.796. The van der Waals surface area contributed by atoms with Crippen molar-refractivity contribution in [2.24, 2.45) is 5.73 Å². The maximum atomic E-state index is 5.46. The van der Waals surface area contributed by atoms with Crippen molar-refractivity contribution in [3.8, 4) is 0 Å². The van der Waals surface area contributed by atoms with Crippen molar-refractivity contribution in [2.75, 3.05) is 6.54 Å². The third-order valence-corrected chi connectivity index (χ3v) is 2.54. The molecule has 0 atom stereocenters. The van der Waals surface area contributed by atoms with Crippen molar-refractivity contribution in [1.29, 1.82) is 0 Å². The summed E-state index contributed by atoms with van der Waals surface area (Å²) >= 11 is 0. The molecule has 2 heteroatoms. The van der Waals surface area contributed by atoms with Crippen LogP contribution in [-0.2, 0) is 6.42 Å². The molecule has 14 heavy (non-hydrogen) atoms. The monoisotopic (exact) mass is 188 g/mol. The molecule has 1 aromatic carbocycles. The maximum absolute atomic E-state index is 5.46. The van der Waals surface area contributed by atoms with Gasteiger partial charge < -0.3 is 10.7 Å². The van der Waals surface area contributed by atoms with E-state index >= 15 is 0 Å². The molecule has 2 nitrogen and oxygen atoms in total. The Hall–Kier alpha value is -1.28. The lowest BCUT2D eigenvalue weighted by Gasteiger charge is -2.00. The molecule has 0 spiro atoms. The molecule has 2 aromatic rings. The van der Waals surface area contributed by atoms with Gasteiger partial charge in [0.25, 0.3) is 0 Å². The molecule has 0 saturated heterocycles. The Kier molecular flexibility index (Phi) is 2.84. The molecule has 0 aliphatic rings. The lowest BCUT2D eigenvalue weighted by atomic mass is 10.1. The van der Waals surface area contributed by atoms with Crippen LogP contribution < -0.4 is 5.73 Å². The Morgan fingerprint density at radius 3 is 2.93 bits per heavy atom. The van der Waals surface area contributed by atoms with Gasteiger partial charge in [-0.3, -0.25) is 0 Å². The number of hydrogen-bond donors (Lipinski definition) is 2. The van der Waals surface area contributed by atoms with Gasteiger partial charge in [-0.1, -0.05) is 12.1 Å². The maximum Gasteiger partial charge on any atom is 0.0456 e. The van der Waals surface area contributed by atoms with Crippen LogP contribution >= 0.6 is 0 Å². The number of unbranched alkanes of at least 4 members (excludes halogenated alkanes) is 1. The first-order chi connectivity index (χ1) is 6.90. The number of aromatic nitrogens is 1. The van der Waals surface area contributed by atoms with Gasteiger partial charge in [-0.2, -0.15) is 0 Å². The van der Waals surface area contributed by atoms with Crippen LogP contribution in [-0.4, -0.2) is 11.5 Å². The highest BCUT2D eigenvalue weighted by atomic mass is 14.7. The van der Waals surface area contributed by atoms with Gasteiger partial charge in [-0.15, -0.1) is 0 Å². The highest BCUT2D eigenvalue weighted by Crippen LogP contribution is 2.15. The minimum atomic E-state index is 0.796. The summed E-state index contributed by atoms with van der Waals surface area (Å²) in [5.41, 5.74) is 8.09. The lowest BCUT2D eigenvalue weighted by Crippen LogP contribution is -1.98. The van der Waals surface area contributed by atoms with Crippen LogP contribution in [0.25, 0.3) is 10.9 Å². The normalized spacial score (nSPS) is 10.9. The Bertz CT molecular complexity index is 403. The SMILES string of the molecule is NCCCCc1ccc2cc[nH]c2c1. The summed E-state index contributed by atoms with van der Waals surface area (Å²) in [5, 5.41) is 1.28. The standard InChI is InChI=1S/C12H16N2/c13-7-2-1-3-10-4-5-11-6-8-14-12(11)9-10/h4-6,8-9,14H,1-3,7,13H2. The Morgan fingerprint density at radius 2 is 2.07 bits per heavy atom. The van der Waals surface area contributed by atoms with Crippen molar-refractivity contribution in [1.82, 2.24) is 4.98 Å². The largest absolute Gasteiger partial charge is 0.361 e. The Balaban J connectivity index is 2.10. The van der Waals surface area contributed by atoms with Crippen LogP contribution in [0.4, 0.5) is 0 Å². The fourth-order valence-corrected chi connectivity index (χ4v) is 1.72. The predicted molar refractivity (Wildman–Crippen MR) is 60.3 cm³/mol. The summed E-state index contributed by atoms with van der Waals surface area (Å²) in [6, 6.07) is 8.70. The number of rotatable bonds is 4. The zero-order valence-corrected chi connectivity index (χ0v) is 8.29. The molecule has 1 heterocycles. The summed E-state index contributed by atoms with van der Waals surface area (Å²) in [4.78, 5) is 3.23. The number of aromatic amines is 1. The quantitative estimate of drug-likeness (QED) is 0.711. The smallest absolute Gasteiger partial charge is 0.0456 e. The van der Waals surface area contributed by atoms with Gasteiger partial charge in [-0.05, 0) is 48.9 Å². The van der Waals surface area contributed by atoms with Crippen LogP contribution in [0.1, 0.15) is 18.4 Å². The number of H-pyrrole nitrogens is 1. The molecule has 2 rings (SSSR count). The third kappa shape index (κ3) is 1.96. The molecule has 0 aliphatic carbocycles. The van der Waals surface area contributed by atoms with Crippen molar-refractivity contribution in [2.45, 2.75) is 19.3 Å². The average Bonchev–Trinajstić information content (AvgIpc) is 2.65. The van der Waals surface area contributed by atoms with E-state index < -0.39 is 0 Å². The summed E-state index contributed by atoms with van der Waals surface area (Å²) in [5.74, 6) is 0. The van der Waals surface area contributed by atoms with Gasteiger partial charge >= 0.3 is 0 Å². The van der Waals surface area contributed by atoms with E-state index in [9.17, 15) is 0 Å². The molecule has 0 unspecified atom stereocenters. The number of hydrogen-bond acceptors (Lipinski definition) is 1. The predicted octanol–water partition coefficient (Wildman–Crippen LogP) is 2.45. The molecule has 0 radical (unpaired) electrons. The summed E-state index contributed by atoms with van der Waals surface area (Å²) < 4.78 is 0. The highest BCUT2D eigenvalue weighted by Gasteiger charge is 1.96. The zero-order chi connectivity index (χ0) is 9.80. The van der Waals surface area contributed by atoms with Gasteiger partial charge in [0.2, 0.25) is 0 Å². The zero-order valence-electron chi connectivity index (χ0n) is 8.29. The fourth-order valence-electron chi connectivity index (χ4n) is 1.72. The van der Waals surface area contributed by atoms with E-state index in [1.165, 1.54) is 22.9 Å². The second kappa shape index (κ2) is 4.29. The summed E-state index contributed by atoms with van der Waals surface area (Å²) in [7, 11) is 0. The molecule has 0 fully saturated rings. The van der Waals surface area contributed by atoms with Crippen LogP contribution in [0.5, 0.6) is 0 Å². The van der Waals surface area contributed by atoms with E-state index in [1.54, 1.807) is 0 Å². The van der Waals surface area contributed by atoms with E-state index in [0.29, 0.717) is 0 Å². The van der Waals surface area contributed by atoms with E-state index in [1.807, 2.05) is 6.20 Å². The highest BCUT2D eigenvalue weighted by molar-refractivity contribution is 5.79. The van der Waals surface area contributed by atoms with Gasteiger partial charge in [0.1, 0.15) is 0 Å². The molecule has 0 aliphatic heterocycles. The van der Waals surface area contributed by atoms with Gasteiger partial charge in [0.05, 0.1) is 0 Å². The first kappa shape index (κ1) is 9.28. The van der Waals surface area contributed by atoms with Crippen LogP contribution in [0.15, 0.2) is 30.5 Å². The second-order valence-electron chi connectivity index (χ2n) is 3.65. The molecule has 0 amide bonds. The van der Waals surface area contributed by atoms with Crippen LogP contribution in [0, 0.1) is 0 Å². The van der Waals surface area contributed by atoms with Gasteiger partial charge in [-0.25, -0.2) is 0 Å². The Morgan fingerprint density at radius 1 is 1.14 bits per heavy atom. The van der Waals surface area contributed by atoms with E-state index in [-0.39, 0.29) is 0 Å². The second-order valence-corrected chi connectivity index (χ2v) is 3.65. The molecule has 0 bridgehead atoms. The number of nitrogens with one attached hydrogen (secondary N) is 1. The number of benzene rings is 1. The lowest BCUT2D eigenvalue weighted by molar-refractivity contribution is 0.745. The molecule has 0 saturated carbocycles. The van der Waals surface area contributed by atoms with Crippen molar-refractivity contribution >= 4 is 10.9 Å². The number of fused-ring (bicyclic) bond motifs is 1. The van der Waals surface area contributed by atoms with Crippen LogP contribution in [0.2, 0.25) is 0 Å². The van der Waals surface area contributed by atoms with Crippen molar-refractivity contribution in [3.63, 3.8) is 0 Å². The minimum Gasteiger partial charge on any atom is -0.361 e. The number of aryl methyl sites for hydroxylation is 1. The summed E-state index contributed by atoms with van der Waals surface area (Å²) in [6.07, 6.45) is 5.41.